The van der Waals surface area contributed by atoms with Crippen molar-refractivity contribution in [3.8, 4) is 5.75 Å². The predicted octanol–water partition coefficient (Wildman–Crippen LogP) is 2.04. The highest BCUT2D eigenvalue weighted by molar-refractivity contribution is 6.42. The van der Waals surface area contributed by atoms with Gasteiger partial charge in [0.05, 0.1) is 55.4 Å². The third-order valence-corrected chi connectivity index (χ3v) is 6.38. The molecule has 2 heterocycles. The van der Waals surface area contributed by atoms with Gasteiger partial charge in [-0.1, -0.05) is 23.2 Å². The number of amides is 2. The van der Waals surface area contributed by atoms with Crippen LogP contribution in [0, 0.1) is 0 Å². The number of anilines is 2. The molecule has 0 bridgehead atoms. The Morgan fingerprint density at radius 3 is 2.24 bits per heavy atom. The highest BCUT2D eigenvalue weighted by atomic mass is 35.5. The zero-order valence-corrected chi connectivity index (χ0v) is 17.5. The molecule has 8 heteroatoms. The standard InChI is InChI=1S/C21H21Cl2N3O3/c1-29-16-5-2-14(3-6-16)26-20(27)13-19(21(26)28)25-10-8-24(9-11-25)15-4-7-17(22)18(23)12-15/h2-7,12,19H,8-11,13H2,1H3/p+1/t19-/m1/s1. The molecule has 1 N–H and O–H groups in total. The zero-order chi connectivity index (χ0) is 20.5. The summed E-state index contributed by atoms with van der Waals surface area (Å²) < 4.78 is 5.15. The molecule has 6 nitrogen and oxygen atoms in total. The summed E-state index contributed by atoms with van der Waals surface area (Å²) in [5, 5.41) is 1.07. The number of hydrogen-bond acceptors (Lipinski definition) is 4. The SMILES string of the molecule is COc1ccc(N2C(=O)C[C@@H]([NH+]3CCN(c4ccc(Cl)c(Cl)c4)CC3)C2=O)cc1. The van der Waals surface area contributed by atoms with Crippen LogP contribution in [0.1, 0.15) is 6.42 Å². The number of quaternary nitrogens is 1. The molecule has 2 aliphatic heterocycles. The number of hydrogen-bond donors (Lipinski definition) is 1. The van der Waals surface area contributed by atoms with Gasteiger partial charge in [0.1, 0.15) is 5.75 Å². The molecular formula is C21H22Cl2N3O3+. The third kappa shape index (κ3) is 3.92. The second-order valence-corrected chi connectivity index (χ2v) is 8.08. The maximum atomic E-state index is 13.0. The fourth-order valence-electron chi connectivity index (χ4n) is 4.04. The van der Waals surface area contributed by atoms with Crippen molar-refractivity contribution in [2.45, 2.75) is 12.5 Å². The van der Waals surface area contributed by atoms with Crippen LogP contribution in [0.3, 0.4) is 0 Å². The maximum Gasteiger partial charge on any atom is 0.292 e. The van der Waals surface area contributed by atoms with E-state index in [1.54, 1.807) is 37.4 Å². The number of imide groups is 1. The summed E-state index contributed by atoms with van der Waals surface area (Å²) in [7, 11) is 1.58. The fraction of sp³-hybridized carbons (Fsp3) is 0.333. The van der Waals surface area contributed by atoms with Crippen LogP contribution < -0.4 is 19.4 Å². The Morgan fingerprint density at radius 1 is 0.966 bits per heavy atom. The van der Waals surface area contributed by atoms with E-state index < -0.39 is 0 Å². The first-order chi connectivity index (χ1) is 14.0. The Morgan fingerprint density at radius 2 is 1.62 bits per heavy atom. The minimum atomic E-state index is -0.333. The number of halogens is 2. The first kappa shape index (κ1) is 20.0. The lowest BCUT2D eigenvalue weighted by Crippen LogP contribution is -3.19. The first-order valence-electron chi connectivity index (χ1n) is 9.53. The molecule has 1 atom stereocenters. The van der Waals surface area contributed by atoms with Crippen molar-refractivity contribution < 1.29 is 19.2 Å². The number of nitrogens with zero attached hydrogens (tertiary/aromatic N) is 2. The lowest BCUT2D eigenvalue weighted by atomic mass is 10.1. The van der Waals surface area contributed by atoms with Gasteiger partial charge in [0.2, 0.25) is 5.91 Å². The summed E-state index contributed by atoms with van der Waals surface area (Å²) in [4.78, 5) is 30.3. The van der Waals surface area contributed by atoms with Crippen LogP contribution in [0.25, 0.3) is 0 Å². The van der Waals surface area contributed by atoms with Crippen molar-refractivity contribution in [3.63, 3.8) is 0 Å². The van der Waals surface area contributed by atoms with Crippen LogP contribution in [-0.2, 0) is 9.59 Å². The van der Waals surface area contributed by atoms with Crippen LogP contribution in [0.15, 0.2) is 42.5 Å². The maximum absolute atomic E-state index is 13.0. The van der Waals surface area contributed by atoms with Crippen LogP contribution in [0.2, 0.25) is 10.0 Å². The largest absolute Gasteiger partial charge is 0.497 e. The molecule has 2 aromatic rings. The third-order valence-electron chi connectivity index (χ3n) is 5.64. The highest BCUT2D eigenvalue weighted by Gasteiger charge is 2.46. The van der Waals surface area contributed by atoms with E-state index in [-0.39, 0.29) is 24.3 Å². The molecule has 2 aromatic carbocycles. The van der Waals surface area contributed by atoms with Crippen LogP contribution >= 0.6 is 23.2 Å². The smallest absolute Gasteiger partial charge is 0.292 e. The molecule has 0 saturated carbocycles. The molecule has 0 aromatic heterocycles. The van der Waals surface area contributed by atoms with E-state index in [1.807, 2.05) is 12.1 Å². The zero-order valence-electron chi connectivity index (χ0n) is 16.0. The molecule has 0 radical (unpaired) electrons. The van der Waals surface area contributed by atoms with Gasteiger partial charge in [0.25, 0.3) is 5.91 Å². The van der Waals surface area contributed by atoms with Crippen molar-refractivity contribution >= 4 is 46.4 Å². The molecule has 2 amide bonds. The second kappa shape index (κ2) is 8.22. The number of carbonyl (C=O) groups excluding carboxylic acids is 2. The van der Waals surface area contributed by atoms with Crippen molar-refractivity contribution in [3.05, 3.63) is 52.5 Å². The van der Waals surface area contributed by atoms with E-state index in [9.17, 15) is 9.59 Å². The molecule has 29 heavy (non-hydrogen) atoms. The number of benzene rings is 2. The van der Waals surface area contributed by atoms with E-state index >= 15 is 0 Å². The number of rotatable bonds is 4. The Labute approximate surface area is 179 Å². The quantitative estimate of drug-likeness (QED) is 0.748. The Hall–Kier alpha value is -2.28. The lowest BCUT2D eigenvalue weighted by molar-refractivity contribution is -0.915. The molecule has 0 spiro atoms. The van der Waals surface area contributed by atoms with Gasteiger partial charge in [-0.2, -0.15) is 0 Å². The molecule has 2 fully saturated rings. The number of methoxy groups -OCH3 is 1. The average Bonchev–Trinajstić information content (AvgIpc) is 3.04. The summed E-state index contributed by atoms with van der Waals surface area (Å²) in [6.45, 7) is 3.13. The number of ether oxygens (including phenoxy) is 1. The summed E-state index contributed by atoms with van der Waals surface area (Å²) in [5.74, 6) is 0.413. The number of carbonyl (C=O) groups is 2. The van der Waals surface area contributed by atoms with E-state index in [2.05, 4.69) is 4.90 Å². The molecule has 2 aliphatic rings. The van der Waals surface area contributed by atoms with Crippen molar-refractivity contribution in [1.29, 1.82) is 0 Å². The van der Waals surface area contributed by atoms with E-state index in [0.29, 0.717) is 21.5 Å². The lowest BCUT2D eigenvalue weighted by Gasteiger charge is -2.35. The number of nitrogens with one attached hydrogen (secondary N) is 1. The topological polar surface area (TPSA) is 54.3 Å². The normalized spacial score (nSPS) is 20.4. The molecular weight excluding hydrogens is 413 g/mol. The average molecular weight is 435 g/mol. The Kier molecular flexibility index (Phi) is 5.67. The van der Waals surface area contributed by atoms with Gasteiger partial charge in [0.15, 0.2) is 6.04 Å². The van der Waals surface area contributed by atoms with Crippen molar-refractivity contribution in [1.82, 2.24) is 0 Å². The monoisotopic (exact) mass is 434 g/mol. The van der Waals surface area contributed by atoms with Gasteiger partial charge in [-0.25, -0.2) is 4.90 Å². The van der Waals surface area contributed by atoms with Gasteiger partial charge in [0, 0.05) is 5.69 Å². The van der Waals surface area contributed by atoms with Gasteiger partial charge in [-0.05, 0) is 42.5 Å². The number of piperazine rings is 1. The van der Waals surface area contributed by atoms with Gasteiger partial charge >= 0.3 is 0 Å². The van der Waals surface area contributed by atoms with Gasteiger partial charge in [-0.15, -0.1) is 0 Å². The minimum Gasteiger partial charge on any atom is -0.497 e. The van der Waals surface area contributed by atoms with Gasteiger partial charge in [-0.3, -0.25) is 9.59 Å². The minimum absolute atomic E-state index is 0.127. The van der Waals surface area contributed by atoms with Gasteiger partial charge < -0.3 is 14.5 Å². The summed E-state index contributed by atoms with van der Waals surface area (Å²) >= 11 is 12.1. The van der Waals surface area contributed by atoms with Crippen LogP contribution in [-0.4, -0.2) is 51.1 Å². The Balaban J connectivity index is 1.42. The first-order valence-corrected chi connectivity index (χ1v) is 10.3. The van der Waals surface area contributed by atoms with E-state index in [4.69, 9.17) is 27.9 Å². The molecule has 152 valence electrons. The van der Waals surface area contributed by atoms with Crippen LogP contribution in [0.5, 0.6) is 5.75 Å². The summed E-state index contributed by atoms with van der Waals surface area (Å²) in [6.07, 6.45) is 0.243. The van der Waals surface area contributed by atoms with Crippen molar-refractivity contribution in [2.75, 3.05) is 43.1 Å². The van der Waals surface area contributed by atoms with Crippen LogP contribution in [0.4, 0.5) is 11.4 Å². The van der Waals surface area contributed by atoms with E-state index in [1.165, 1.54) is 4.90 Å². The second-order valence-electron chi connectivity index (χ2n) is 7.27. The van der Waals surface area contributed by atoms with E-state index in [0.717, 1.165) is 36.8 Å². The fourth-order valence-corrected chi connectivity index (χ4v) is 4.33. The summed E-state index contributed by atoms with van der Waals surface area (Å²) in [6, 6.07) is 12.3. The molecule has 4 rings (SSSR count). The molecule has 0 unspecified atom stereocenters. The Bertz CT molecular complexity index is 927. The molecule has 0 aliphatic carbocycles. The van der Waals surface area contributed by atoms with Crippen molar-refractivity contribution in [2.24, 2.45) is 0 Å². The summed E-state index contributed by atoms with van der Waals surface area (Å²) in [5.41, 5.74) is 1.62. The predicted molar refractivity (Wildman–Crippen MR) is 113 cm³/mol. The molecule has 2 saturated heterocycles. The highest BCUT2D eigenvalue weighted by Crippen LogP contribution is 2.28.